The van der Waals surface area contributed by atoms with E-state index >= 15 is 0 Å². The van der Waals surface area contributed by atoms with Crippen LogP contribution >= 0.6 is 0 Å². The number of rotatable bonds is 9. The molecular formula is C17H25NO5S. The van der Waals surface area contributed by atoms with E-state index in [1.54, 1.807) is 0 Å². The third kappa shape index (κ3) is 5.96. The maximum absolute atomic E-state index is 12.2. The second kappa shape index (κ2) is 8.82. The van der Waals surface area contributed by atoms with Gasteiger partial charge in [0.05, 0.1) is 10.6 Å². The van der Waals surface area contributed by atoms with E-state index in [1.165, 1.54) is 24.3 Å². The predicted octanol–water partition coefficient (Wildman–Crippen LogP) is 2.49. The van der Waals surface area contributed by atoms with Gasteiger partial charge in [0, 0.05) is 5.56 Å². The van der Waals surface area contributed by atoms with Gasteiger partial charge in [-0.2, -0.15) is 0 Å². The predicted molar refractivity (Wildman–Crippen MR) is 91.7 cm³/mol. The Hall–Kier alpha value is -1.89. The molecule has 0 heterocycles. The van der Waals surface area contributed by atoms with Gasteiger partial charge in [0.1, 0.15) is 6.04 Å². The van der Waals surface area contributed by atoms with Crippen LogP contribution in [0.3, 0.4) is 0 Å². The van der Waals surface area contributed by atoms with Crippen molar-refractivity contribution < 1.29 is 23.1 Å². The average Bonchev–Trinajstić information content (AvgIpc) is 2.52. The standard InChI is InChI=1S/C17H25NO5S/c1-4-5-10-24(22,23)14-8-6-13(7-9-14)16(19)18-15(17(20)21)11-12(2)3/h6-9,12,15H,4-5,10-11H2,1-3H3,(H,18,19)(H,20,21)/t15-/m0/s1. The summed E-state index contributed by atoms with van der Waals surface area (Å²) in [6, 6.07) is 4.62. The van der Waals surface area contributed by atoms with E-state index < -0.39 is 27.8 Å². The van der Waals surface area contributed by atoms with Crippen molar-refractivity contribution in [3.63, 3.8) is 0 Å². The zero-order chi connectivity index (χ0) is 18.3. The van der Waals surface area contributed by atoms with Crippen molar-refractivity contribution in [2.24, 2.45) is 5.92 Å². The summed E-state index contributed by atoms with van der Waals surface area (Å²) in [7, 11) is -3.34. The third-order valence-corrected chi connectivity index (χ3v) is 5.37. The molecule has 2 N–H and O–H groups in total. The van der Waals surface area contributed by atoms with Crippen LogP contribution in [0.25, 0.3) is 0 Å². The number of carboxylic acids is 1. The van der Waals surface area contributed by atoms with Crippen molar-refractivity contribution >= 4 is 21.7 Å². The maximum atomic E-state index is 12.2. The van der Waals surface area contributed by atoms with Crippen LogP contribution in [0, 0.1) is 5.92 Å². The van der Waals surface area contributed by atoms with Gasteiger partial charge in [-0.1, -0.05) is 27.2 Å². The topological polar surface area (TPSA) is 101 Å². The molecule has 1 amide bonds. The highest BCUT2D eigenvalue weighted by Crippen LogP contribution is 2.14. The van der Waals surface area contributed by atoms with Crippen molar-refractivity contribution in [1.29, 1.82) is 0 Å². The first-order valence-electron chi connectivity index (χ1n) is 8.04. The fourth-order valence-corrected chi connectivity index (χ4v) is 3.66. The van der Waals surface area contributed by atoms with Crippen molar-refractivity contribution in [2.75, 3.05) is 5.75 Å². The van der Waals surface area contributed by atoms with Crippen molar-refractivity contribution in [3.8, 4) is 0 Å². The van der Waals surface area contributed by atoms with Crippen molar-refractivity contribution in [3.05, 3.63) is 29.8 Å². The van der Waals surface area contributed by atoms with Crippen molar-refractivity contribution in [2.45, 2.75) is 51.0 Å². The number of sulfone groups is 1. The Balaban J connectivity index is 2.84. The van der Waals surface area contributed by atoms with Crippen LogP contribution in [0.4, 0.5) is 0 Å². The van der Waals surface area contributed by atoms with E-state index in [4.69, 9.17) is 5.11 Å². The Kier molecular flexibility index (Phi) is 7.41. The van der Waals surface area contributed by atoms with Crippen molar-refractivity contribution in [1.82, 2.24) is 5.32 Å². The number of benzene rings is 1. The van der Waals surface area contributed by atoms with E-state index in [2.05, 4.69) is 5.32 Å². The number of amides is 1. The first-order valence-corrected chi connectivity index (χ1v) is 9.69. The second-order valence-corrected chi connectivity index (χ2v) is 8.30. The molecule has 0 saturated carbocycles. The minimum atomic E-state index is -3.34. The maximum Gasteiger partial charge on any atom is 0.326 e. The summed E-state index contributed by atoms with van der Waals surface area (Å²) in [6.07, 6.45) is 1.69. The monoisotopic (exact) mass is 355 g/mol. The molecule has 0 unspecified atom stereocenters. The van der Waals surface area contributed by atoms with Gasteiger partial charge in [0.15, 0.2) is 9.84 Å². The number of unbranched alkanes of at least 4 members (excludes halogenated alkanes) is 1. The lowest BCUT2D eigenvalue weighted by Gasteiger charge is -2.16. The summed E-state index contributed by atoms with van der Waals surface area (Å²) < 4.78 is 24.2. The molecule has 0 bridgehead atoms. The van der Waals surface area contributed by atoms with Crippen LogP contribution < -0.4 is 5.32 Å². The lowest BCUT2D eigenvalue weighted by atomic mass is 10.0. The quantitative estimate of drug-likeness (QED) is 0.709. The molecule has 0 saturated heterocycles. The molecule has 0 fully saturated rings. The number of hydrogen-bond acceptors (Lipinski definition) is 4. The number of carbonyl (C=O) groups is 2. The Bertz CT molecular complexity index is 665. The summed E-state index contributed by atoms with van der Waals surface area (Å²) >= 11 is 0. The lowest BCUT2D eigenvalue weighted by Crippen LogP contribution is -2.41. The van der Waals surface area contributed by atoms with Gasteiger partial charge in [0.25, 0.3) is 5.91 Å². The van der Waals surface area contributed by atoms with Crippen LogP contribution in [-0.4, -0.2) is 37.2 Å². The number of aliphatic carboxylic acids is 1. The van der Waals surface area contributed by atoms with E-state index in [0.717, 1.165) is 6.42 Å². The van der Waals surface area contributed by atoms with Crippen LogP contribution in [0.1, 0.15) is 50.4 Å². The molecule has 24 heavy (non-hydrogen) atoms. The molecule has 1 atom stereocenters. The molecule has 7 heteroatoms. The summed E-state index contributed by atoms with van der Waals surface area (Å²) in [6.45, 7) is 5.66. The van der Waals surface area contributed by atoms with E-state index in [1.807, 2.05) is 20.8 Å². The number of carboxylic acid groups (broad SMARTS) is 1. The molecule has 0 aliphatic rings. The molecule has 6 nitrogen and oxygen atoms in total. The molecule has 134 valence electrons. The highest BCUT2D eigenvalue weighted by atomic mass is 32.2. The molecule has 0 aromatic heterocycles. The molecule has 0 spiro atoms. The van der Waals surface area contributed by atoms with E-state index in [-0.39, 0.29) is 22.1 Å². The van der Waals surface area contributed by atoms with E-state index in [0.29, 0.717) is 12.8 Å². The SMILES string of the molecule is CCCCS(=O)(=O)c1ccc(C(=O)N[C@@H](CC(C)C)C(=O)O)cc1. The summed E-state index contributed by atoms with van der Waals surface area (Å²) in [5, 5.41) is 11.6. The van der Waals surface area contributed by atoms with Crippen LogP contribution in [0.5, 0.6) is 0 Å². The normalized spacial score (nSPS) is 12.8. The Labute approximate surface area is 143 Å². The van der Waals surface area contributed by atoms with Gasteiger partial charge in [-0.05, 0) is 43.0 Å². The zero-order valence-corrected chi connectivity index (χ0v) is 15.1. The summed E-state index contributed by atoms with van der Waals surface area (Å²) in [5.74, 6) is -1.42. The summed E-state index contributed by atoms with van der Waals surface area (Å²) in [5.41, 5.74) is 0.236. The Morgan fingerprint density at radius 2 is 1.75 bits per heavy atom. The van der Waals surface area contributed by atoms with Gasteiger partial charge in [-0.3, -0.25) is 4.79 Å². The highest BCUT2D eigenvalue weighted by molar-refractivity contribution is 7.91. The lowest BCUT2D eigenvalue weighted by molar-refractivity contribution is -0.139. The fourth-order valence-electron chi connectivity index (χ4n) is 2.20. The van der Waals surface area contributed by atoms with Gasteiger partial charge < -0.3 is 10.4 Å². The van der Waals surface area contributed by atoms with Gasteiger partial charge in [0.2, 0.25) is 0 Å². The Morgan fingerprint density at radius 3 is 2.21 bits per heavy atom. The highest BCUT2D eigenvalue weighted by Gasteiger charge is 2.22. The van der Waals surface area contributed by atoms with Gasteiger partial charge in [-0.25, -0.2) is 13.2 Å². The van der Waals surface area contributed by atoms with Crippen LogP contribution in [0.15, 0.2) is 29.2 Å². The molecule has 1 aromatic carbocycles. The number of hydrogen-bond donors (Lipinski definition) is 2. The molecule has 0 aliphatic carbocycles. The first-order chi connectivity index (χ1) is 11.2. The molecule has 1 aromatic rings. The van der Waals surface area contributed by atoms with Crippen LogP contribution in [0.2, 0.25) is 0 Å². The largest absolute Gasteiger partial charge is 0.480 e. The number of carbonyl (C=O) groups excluding carboxylic acids is 1. The minimum Gasteiger partial charge on any atom is -0.480 e. The second-order valence-electron chi connectivity index (χ2n) is 6.19. The van der Waals surface area contributed by atoms with Gasteiger partial charge in [-0.15, -0.1) is 0 Å². The zero-order valence-electron chi connectivity index (χ0n) is 14.3. The third-order valence-electron chi connectivity index (χ3n) is 3.55. The fraction of sp³-hybridized carbons (Fsp3) is 0.529. The van der Waals surface area contributed by atoms with Crippen LogP contribution in [-0.2, 0) is 14.6 Å². The molecule has 0 aliphatic heterocycles. The minimum absolute atomic E-state index is 0.0739. The Morgan fingerprint density at radius 1 is 1.17 bits per heavy atom. The molecule has 0 radical (unpaired) electrons. The first kappa shape index (κ1) is 20.2. The van der Waals surface area contributed by atoms with E-state index in [9.17, 15) is 18.0 Å². The average molecular weight is 355 g/mol. The number of nitrogens with one attached hydrogen (secondary N) is 1. The molecular weight excluding hydrogens is 330 g/mol. The smallest absolute Gasteiger partial charge is 0.326 e. The summed E-state index contributed by atoms with van der Waals surface area (Å²) in [4.78, 5) is 23.5. The molecule has 1 rings (SSSR count). The van der Waals surface area contributed by atoms with Gasteiger partial charge >= 0.3 is 5.97 Å².